The molecule has 1 fully saturated rings. The lowest BCUT2D eigenvalue weighted by Gasteiger charge is -2.36. The van der Waals surface area contributed by atoms with Gasteiger partial charge in [-0.2, -0.15) is 0 Å². The van der Waals surface area contributed by atoms with Gasteiger partial charge in [-0.1, -0.05) is 0 Å². The zero-order chi connectivity index (χ0) is 14.6. The van der Waals surface area contributed by atoms with Crippen molar-refractivity contribution in [3.05, 3.63) is 18.5 Å². The Bertz CT molecular complexity index is 444. The second-order valence-electron chi connectivity index (χ2n) is 5.90. The molecule has 1 aromatic heterocycles. The maximum atomic E-state index is 12.2. The molecule has 0 aromatic carbocycles. The summed E-state index contributed by atoms with van der Waals surface area (Å²) in [5.74, 6) is 0.535. The van der Waals surface area contributed by atoms with Crippen LogP contribution in [0.3, 0.4) is 0 Å². The molecule has 6 heteroatoms. The van der Waals surface area contributed by atoms with Crippen molar-refractivity contribution in [3.8, 4) is 0 Å². The van der Waals surface area contributed by atoms with E-state index in [0.29, 0.717) is 12.5 Å². The summed E-state index contributed by atoms with van der Waals surface area (Å²) in [6.07, 6.45) is 5.90. The molecule has 6 nitrogen and oxygen atoms in total. The molecule has 1 aliphatic rings. The Balaban J connectivity index is 2.03. The predicted octanol–water partition coefficient (Wildman–Crippen LogP) is 2.64. The number of anilines is 1. The molecule has 1 aliphatic heterocycles. The molecule has 1 unspecified atom stereocenters. The summed E-state index contributed by atoms with van der Waals surface area (Å²) in [5.41, 5.74) is -0.484. The average molecular weight is 278 g/mol. The summed E-state index contributed by atoms with van der Waals surface area (Å²) in [7, 11) is 0. The van der Waals surface area contributed by atoms with Crippen LogP contribution in [0.4, 0.5) is 10.7 Å². The SMILES string of the molecule is CC(C)(C)OC(=O)N1CCCCC1Nc1ncccn1. The molecule has 0 aliphatic carbocycles. The maximum absolute atomic E-state index is 12.2. The van der Waals surface area contributed by atoms with Gasteiger partial charge in [0.1, 0.15) is 11.8 Å². The Morgan fingerprint density at radius 3 is 2.70 bits per heavy atom. The topological polar surface area (TPSA) is 67.3 Å². The first-order valence-corrected chi connectivity index (χ1v) is 6.99. The van der Waals surface area contributed by atoms with Gasteiger partial charge in [-0.05, 0) is 46.1 Å². The number of piperidine rings is 1. The molecule has 1 amide bonds. The number of likely N-dealkylation sites (tertiary alicyclic amines) is 1. The Morgan fingerprint density at radius 2 is 2.05 bits per heavy atom. The van der Waals surface area contributed by atoms with E-state index in [1.54, 1.807) is 23.4 Å². The third-order valence-electron chi connectivity index (χ3n) is 2.99. The van der Waals surface area contributed by atoms with E-state index >= 15 is 0 Å². The normalized spacial score (nSPS) is 19.6. The number of hydrogen-bond donors (Lipinski definition) is 1. The fourth-order valence-corrected chi connectivity index (χ4v) is 2.14. The average Bonchev–Trinajstić information content (AvgIpc) is 2.38. The van der Waals surface area contributed by atoms with Crippen LogP contribution in [0.25, 0.3) is 0 Å². The summed E-state index contributed by atoms with van der Waals surface area (Å²) in [4.78, 5) is 22.2. The number of nitrogens with one attached hydrogen (secondary N) is 1. The molecule has 0 spiro atoms. The molecule has 20 heavy (non-hydrogen) atoms. The molecule has 1 aromatic rings. The van der Waals surface area contributed by atoms with Gasteiger partial charge in [0.2, 0.25) is 5.95 Å². The number of carbonyl (C=O) groups is 1. The number of ether oxygens (including phenoxy) is 1. The second kappa shape index (κ2) is 6.07. The summed E-state index contributed by atoms with van der Waals surface area (Å²) in [6, 6.07) is 1.76. The van der Waals surface area contributed by atoms with Gasteiger partial charge in [-0.15, -0.1) is 0 Å². The van der Waals surface area contributed by atoms with Crippen molar-refractivity contribution in [2.75, 3.05) is 11.9 Å². The highest BCUT2D eigenvalue weighted by atomic mass is 16.6. The Morgan fingerprint density at radius 1 is 1.35 bits per heavy atom. The lowest BCUT2D eigenvalue weighted by atomic mass is 10.1. The van der Waals surface area contributed by atoms with E-state index in [0.717, 1.165) is 19.3 Å². The molecule has 2 rings (SSSR count). The first kappa shape index (κ1) is 14.6. The predicted molar refractivity (Wildman–Crippen MR) is 76.2 cm³/mol. The van der Waals surface area contributed by atoms with E-state index in [1.165, 1.54) is 0 Å². The van der Waals surface area contributed by atoms with Crippen molar-refractivity contribution in [2.45, 2.75) is 51.8 Å². The van der Waals surface area contributed by atoms with Crippen LogP contribution in [0.15, 0.2) is 18.5 Å². The van der Waals surface area contributed by atoms with Crippen LogP contribution in [-0.2, 0) is 4.74 Å². The molecular weight excluding hydrogens is 256 g/mol. The van der Waals surface area contributed by atoms with Crippen molar-refractivity contribution in [3.63, 3.8) is 0 Å². The van der Waals surface area contributed by atoms with E-state index in [2.05, 4.69) is 15.3 Å². The van der Waals surface area contributed by atoms with Crippen molar-refractivity contribution in [2.24, 2.45) is 0 Å². The van der Waals surface area contributed by atoms with E-state index in [9.17, 15) is 4.79 Å². The minimum Gasteiger partial charge on any atom is -0.444 e. The van der Waals surface area contributed by atoms with Gasteiger partial charge in [0.15, 0.2) is 0 Å². The van der Waals surface area contributed by atoms with Crippen LogP contribution in [0.2, 0.25) is 0 Å². The molecule has 1 N–H and O–H groups in total. The number of nitrogens with zero attached hydrogens (tertiary/aromatic N) is 3. The number of rotatable bonds is 2. The van der Waals surface area contributed by atoms with Gasteiger partial charge in [0, 0.05) is 18.9 Å². The summed E-state index contributed by atoms with van der Waals surface area (Å²) < 4.78 is 5.45. The zero-order valence-corrected chi connectivity index (χ0v) is 12.3. The lowest BCUT2D eigenvalue weighted by molar-refractivity contribution is 0.0129. The van der Waals surface area contributed by atoms with Crippen molar-refractivity contribution in [1.82, 2.24) is 14.9 Å². The Kier molecular flexibility index (Phi) is 4.42. The van der Waals surface area contributed by atoms with Gasteiger partial charge >= 0.3 is 6.09 Å². The van der Waals surface area contributed by atoms with E-state index in [-0.39, 0.29) is 12.3 Å². The highest BCUT2D eigenvalue weighted by Gasteiger charge is 2.30. The fourth-order valence-electron chi connectivity index (χ4n) is 2.14. The summed E-state index contributed by atoms with van der Waals surface area (Å²) in [6.45, 7) is 6.31. The highest BCUT2D eigenvalue weighted by molar-refractivity contribution is 5.69. The Labute approximate surface area is 119 Å². The van der Waals surface area contributed by atoms with Gasteiger partial charge in [0.25, 0.3) is 0 Å². The molecule has 0 bridgehead atoms. The number of aromatic nitrogens is 2. The van der Waals surface area contributed by atoms with Crippen molar-refractivity contribution < 1.29 is 9.53 Å². The number of carbonyl (C=O) groups excluding carboxylic acids is 1. The maximum Gasteiger partial charge on any atom is 0.411 e. The quantitative estimate of drug-likeness (QED) is 0.900. The first-order valence-electron chi connectivity index (χ1n) is 6.99. The number of amides is 1. The minimum atomic E-state index is -0.484. The third kappa shape index (κ3) is 4.08. The molecule has 1 saturated heterocycles. The van der Waals surface area contributed by atoms with Crippen LogP contribution in [-0.4, -0.2) is 39.3 Å². The molecule has 110 valence electrons. The molecular formula is C14H22N4O2. The van der Waals surface area contributed by atoms with Crippen molar-refractivity contribution in [1.29, 1.82) is 0 Å². The van der Waals surface area contributed by atoms with Crippen LogP contribution in [0.1, 0.15) is 40.0 Å². The summed E-state index contributed by atoms with van der Waals surface area (Å²) in [5, 5.41) is 3.20. The third-order valence-corrected chi connectivity index (χ3v) is 2.99. The number of hydrogen-bond acceptors (Lipinski definition) is 5. The van der Waals surface area contributed by atoms with Gasteiger partial charge in [0.05, 0.1) is 0 Å². The van der Waals surface area contributed by atoms with Crippen LogP contribution in [0.5, 0.6) is 0 Å². The molecule has 0 radical (unpaired) electrons. The van der Waals surface area contributed by atoms with Gasteiger partial charge in [-0.25, -0.2) is 14.8 Å². The van der Waals surface area contributed by atoms with Crippen LogP contribution < -0.4 is 5.32 Å². The van der Waals surface area contributed by atoms with Gasteiger partial charge in [-0.3, -0.25) is 4.90 Å². The minimum absolute atomic E-state index is 0.110. The van der Waals surface area contributed by atoms with Gasteiger partial charge < -0.3 is 10.1 Å². The second-order valence-corrected chi connectivity index (χ2v) is 5.90. The fraction of sp³-hybridized carbons (Fsp3) is 0.643. The smallest absolute Gasteiger partial charge is 0.411 e. The molecule has 0 saturated carbocycles. The molecule has 1 atom stereocenters. The van der Waals surface area contributed by atoms with Crippen LogP contribution in [0, 0.1) is 0 Å². The summed E-state index contributed by atoms with van der Waals surface area (Å²) >= 11 is 0. The van der Waals surface area contributed by atoms with Crippen molar-refractivity contribution >= 4 is 12.0 Å². The largest absolute Gasteiger partial charge is 0.444 e. The molecule has 2 heterocycles. The lowest BCUT2D eigenvalue weighted by Crippen LogP contribution is -2.49. The highest BCUT2D eigenvalue weighted by Crippen LogP contribution is 2.20. The Hall–Kier alpha value is -1.85. The zero-order valence-electron chi connectivity index (χ0n) is 12.3. The monoisotopic (exact) mass is 278 g/mol. The standard InChI is InChI=1S/C14H22N4O2/c1-14(2,3)20-13(19)18-10-5-4-7-11(18)17-12-15-8-6-9-16-12/h6,8-9,11H,4-5,7,10H2,1-3H3,(H,15,16,17). The van der Waals surface area contributed by atoms with E-state index in [1.807, 2.05) is 20.8 Å². The first-order chi connectivity index (χ1) is 9.46. The van der Waals surface area contributed by atoms with Crippen LogP contribution >= 0.6 is 0 Å². The van der Waals surface area contributed by atoms with E-state index in [4.69, 9.17) is 4.74 Å². The van der Waals surface area contributed by atoms with E-state index < -0.39 is 5.60 Å².